The predicted octanol–water partition coefficient (Wildman–Crippen LogP) is 2.04. The number of aromatic nitrogens is 4. The Morgan fingerprint density at radius 3 is 2.77 bits per heavy atom. The molecule has 160 valence electrons. The molecule has 4 N–H and O–H groups in total. The van der Waals surface area contributed by atoms with Crippen molar-refractivity contribution in [3.63, 3.8) is 0 Å². The molecule has 1 aromatic carbocycles. The van der Waals surface area contributed by atoms with E-state index in [-0.39, 0.29) is 0 Å². The summed E-state index contributed by atoms with van der Waals surface area (Å²) in [6, 6.07) is 11.2. The number of fused-ring (bicyclic) bond motifs is 2. The maximum Gasteiger partial charge on any atom is 0.164 e. The van der Waals surface area contributed by atoms with Crippen molar-refractivity contribution in [1.82, 2.24) is 19.5 Å². The Morgan fingerprint density at radius 1 is 1.10 bits per heavy atom. The maximum absolute atomic E-state index is 10.8. The van der Waals surface area contributed by atoms with Crippen LogP contribution in [0.3, 0.4) is 0 Å². The van der Waals surface area contributed by atoms with E-state index in [2.05, 4.69) is 15.0 Å². The molecule has 0 saturated carbocycles. The minimum atomic E-state index is -1.18. The Balaban J connectivity index is 1.43. The van der Waals surface area contributed by atoms with E-state index < -0.39 is 30.1 Å². The molecule has 4 aromatic rings. The van der Waals surface area contributed by atoms with Crippen LogP contribution in [0.4, 0.5) is 5.82 Å². The summed E-state index contributed by atoms with van der Waals surface area (Å²) in [5, 5.41) is 23.2. The number of anilines is 1. The average Bonchev–Trinajstić information content (AvgIpc) is 3.30. The van der Waals surface area contributed by atoms with Crippen LogP contribution in [-0.4, -0.2) is 53.6 Å². The van der Waals surface area contributed by atoms with E-state index in [0.717, 1.165) is 10.9 Å². The summed E-state index contributed by atoms with van der Waals surface area (Å²) >= 11 is 0. The predicted molar refractivity (Wildman–Crippen MR) is 114 cm³/mol. The van der Waals surface area contributed by atoms with Gasteiger partial charge in [-0.3, -0.25) is 4.98 Å². The van der Waals surface area contributed by atoms with Gasteiger partial charge in [-0.1, -0.05) is 6.07 Å². The van der Waals surface area contributed by atoms with Gasteiger partial charge in [-0.25, -0.2) is 9.97 Å². The van der Waals surface area contributed by atoms with Crippen LogP contribution in [0.25, 0.3) is 21.9 Å². The fraction of sp³-hybridized carbons (Fsp3) is 0.318. The molecule has 0 radical (unpaired) electrons. The largest absolute Gasteiger partial charge is 0.485 e. The third-order valence-electron chi connectivity index (χ3n) is 5.70. The Kier molecular flexibility index (Phi) is 4.54. The number of rotatable bonds is 4. The zero-order valence-corrected chi connectivity index (χ0v) is 17.1. The topological polar surface area (TPSA) is 129 Å². The summed E-state index contributed by atoms with van der Waals surface area (Å²) in [7, 11) is 0. The third-order valence-corrected chi connectivity index (χ3v) is 5.70. The number of nitrogens with zero attached hydrogens (tertiary/aromatic N) is 4. The fourth-order valence-electron chi connectivity index (χ4n) is 4.13. The first-order chi connectivity index (χ1) is 14.8. The van der Waals surface area contributed by atoms with Crippen LogP contribution in [-0.2, 0) is 4.74 Å². The van der Waals surface area contributed by atoms with E-state index in [1.165, 1.54) is 6.33 Å². The quantitative estimate of drug-likeness (QED) is 0.457. The Hall–Kier alpha value is -3.27. The van der Waals surface area contributed by atoms with Gasteiger partial charge in [-0.15, -0.1) is 0 Å². The zero-order valence-electron chi connectivity index (χ0n) is 17.1. The molecule has 0 aliphatic carbocycles. The number of pyridine rings is 1. The third kappa shape index (κ3) is 3.27. The highest BCUT2D eigenvalue weighted by atomic mass is 16.6. The van der Waals surface area contributed by atoms with Crippen molar-refractivity contribution in [2.75, 3.05) is 5.73 Å². The standard InChI is InChI=1S/C22H23N5O4/c1-22(2,31-13-6-5-12-4-3-8-24-15(12)10-13)18-16(28)17(29)21(30-18)27-9-7-14-19(23)25-11-26-20(14)27/h3-11,16-18,21,28-29H,1-2H3,(H2,23,25,26)/t16-,17+,18-,21+/m0/s1. The van der Waals surface area contributed by atoms with Gasteiger partial charge < -0.3 is 30.0 Å². The van der Waals surface area contributed by atoms with Crippen LogP contribution >= 0.6 is 0 Å². The van der Waals surface area contributed by atoms with E-state index in [1.54, 1.807) is 23.0 Å². The molecule has 0 amide bonds. The molecule has 4 atom stereocenters. The second kappa shape index (κ2) is 7.16. The van der Waals surface area contributed by atoms with Gasteiger partial charge in [-0.05, 0) is 38.1 Å². The van der Waals surface area contributed by atoms with Gasteiger partial charge in [0.15, 0.2) is 6.23 Å². The van der Waals surface area contributed by atoms with Gasteiger partial charge in [0.05, 0.1) is 10.9 Å². The first kappa shape index (κ1) is 19.7. The lowest BCUT2D eigenvalue weighted by atomic mass is 9.95. The summed E-state index contributed by atoms with van der Waals surface area (Å²) in [4.78, 5) is 12.6. The second-order valence-corrected chi connectivity index (χ2v) is 8.21. The molecule has 3 aromatic heterocycles. The average molecular weight is 421 g/mol. The number of ether oxygens (including phenoxy) is 2. The molecule has 5 rings (SSSR count). The number of hydrogen-bond donors (Lipinski definition) is 3. The van der Waals surface area contributed by atoms with Crippen molar-refractivity contribution < 1.29 is 19.7 Å². The molecule has 1 fully saturated rings. The van der Waals surface area contributed by atoms with Crippen molar-refractivity contribution in [2.45, 2.75) is 44.0 Å². The molecule has 31 heavy (non-hydrogen) atoms. The lowest BCUT2D eigenvalue weighted by molar-refractivity contribution is -0.111. The van der Waals surface area contributed by atoms with Gasteiger partial charge in [0, 0.05) is 23.8 Å². The number of benzene rings is 1. The van der Waals surface area contributed by atoms with E-state index in [4.69, 9.17) is 15.2 Å². The molecule has 9 nitrogen and oxygen atoms in total. The zero-order chi connectivity index (χ0) is 21.8. The van der Waals surface area contributed by atoms with Crippen LogP contribution in [0, 0.1) is 0 Å². The van der Waals surface area contributed by atoms with Crippen LogP contribution < -0.4 is 10.5 Å². The first-order valence-corrected chi connectivity index (χ1v) is 9.97. The summed E-state index contributed by atoms with van der Waals surface area (Å²) in [5.74, 6) is 0.929. The van der Waals surface area contributed by atoms with Gasteiger partial charge in [0.1, 0.15) is 47.5 Å². The molecule has 1 aliphatic heterocycles. The minimum absolute atomic E-state index is 0.335. The lowest BCUT2D eigenvalue weighted by Gasteiger charge is -2.33. The molecule has 1 saturated heterocycles. The summed E-state index contributed by atoms with van der Waals surface area (Å²) in [6.45, 7) is 3.62. The number of aliphatic hydroxyl groups excluding tert-OH is 2. The van der Waals surface area contributed by atoms with Crippen molar-refractivity contribution in [3.8, 4) is 5.75 Å². The molecular weight excluding hydrogens is 398 g/mol. The molecule has 9 heteroatoms. The van der Waals surface area contributed by atoms with Gasteiger partial charge in [0.25, 0.3) is 0 Å². The molecule has 0 spiro atoms. The van der Waals surface area contributed by atoms with E-state index in [9.17, 15) is 10.2 Å². The van der Waals surface area contributed by atoms with Crippen LogP contribution in [0.2, 0.25) is 0 Å². The SMILES string of the molecule is CC(C)(Oc1ccc2cccnc2c1)[C@H]1O[C@@H](n2ccc3c(N)ncnc32)[C@H](O)[C@@H]1O. The van der Waals surface area contributed by atoms with Crippen LogP contribution in [0.5, 0.6) is 5.75 Å². The first-order valence-electron chi connectivity index (χ1n) is 9.97. The number of nitrogen functional groups attached to an aromatic ring is 1. The van der Waals surface area contributed by atoms with Crippen LogP contribution in [0.1, 0.15) is 20.1 Å². The molecule has 0 bridgehead atoms. The maximum atomic E-state index is 10.8. The van der Waals surface area contributed by atoms with Gasteiger partial charge in [0.2, 0.25) is 0 Å². The summed E-state index contributed by atoms with van der Waals surface area (Å²) in [5.41, 5.74) is 6.28. The van der Waals surface area contributed by atoms with Crippen LogP contribution in [0.15, 0.2) is 55.1 Å². The highest BCUT2D eigenvalue weighted by Crippen LogP contribution is 2.38. The highest BCUT2D eigenvalue weighted by Gasteiger charge is 2.51. The van der Waals surface area contributed by atoms with Gasteiger partial charge >= 0.3 is 0 Å². The van der Waals surface area contributed by atoms with E-state index >= 15 is 0 Å². The normalized spacial score (nSPS) is 24.1. The summed E-state index contributed by atoms with van der Waals surface area (Å²) < 4.78 is 14.0. The monoisotopic (exact) mass is 421 g/mol. The van der Waals surface area contributed by atoms with E-state index in [1.807, 2.05) is 44.2 Å². The molecular formula is C22H23N5O4. The summed E-state index contributed by atoms with van der Waals surface area (Å²) in [6.07, 6.45) is 0.774. The molecule has 0 unspecified atom stereocenters. The Morgan fingerprint density at radius 2 is 1.94 bits per heavy atom. The fourth-order valence-corrected chi connectivity index (χ4v) is 4.13. The second-order valence-electron chi connectivity index (χ2n) is 8.21. The molecule has 1 aliphatic rings. The van der Waals surface area contributed by atoms with Crippen molar-refractivity contribution in [2.24, 2.45) is 0 Å². The highest BCUT2D eigenvalue weighted by molar-refractivity contribution is 5.86. The van der Waals surface area contributed by atoms with Crippen molar-refractivity contribution >= 4 is 27.8 Å². The number of hydrogen-bond acceptors (Lipinski definition) is 8. The lowest BCUT2D eigenvalue weighted by Crippen LogP contribution is -2.49. The molecule has 4 heterocycles. The minimum Gasteiger partial charge on any atom is -0.485 e. The number of nitrogens with two attached hydrogens (primary N) is 1. The smallest absolute Gasteiger partial charge is 0.164 e. The van der Waals surface area contributed by atoms with Crippen molar-refractivity contribution in [1.29, 1.82) is 0 Å². The van der Waals surface area contributed by atoms with Gasteiger partial charge in [-0.2, -0.15) is 0 Å². The Bertz CT molecular complexity index is 1260. The van der Waals surface area contributed by atoms with E-state index in [0.29, 0.717) is 22.6 Å². The Labute approximate surface area is 178 Å². The van der Waals surface area contributed by atoms with Crippen molar-refractivity contribution in [3.05, 3.63) is 55.1 Å². The number of aliphatic hydroxyl groups is 2.